The van der Waals surface area contributed by atoms with E-state index in [1.54, 1.807) is 6.92 Å². The molecule has 0 bridgehead atoms. The molecular weight excluding hydrogens is 290 g/mol. The van der Waals surface area contributed by atoms with Gasteiger partial charge in [0.25, 0.3) is 0 Å². The first kappa shape index (κ1) is 17.0. The molecule has 2 aliphatic rings. The molecule has 3 N–H and O–H groups in total. The fourth-order valence-electron chi connectivity index (χ4n) is 3.48. The van der Waals surface area contributed by atoms with Crippen LogP contribution in [0, 0.1) is 11.8 Å². The molecule has 0 spiro atoms. The minimum atomic E-state index is -1.12. The average molecular weight is 315 g/mol. The maximum Gasteiger partial charge on any atom is 0.111 e. The molecule has 5 nitrogen and oxygen atoms in total. The summed E-state index contributed by atoms with van der Waals surface area (Å²) >= 11 is 4.59. The number of ether oxygens (including phenoxy) is 1. The van der Waals surface area contributed by atoms with E-state index in [1.807, 2.05) is 0 Å². The maximum atomic E-state index is 10.1. The van der Waals surface area contributed by atoms with E-state index < -0.39 is 24.4 Å². The number of hydrogen-bond acceptors (Lipinski definition) is 6. The number of rotatable bonds is 4. The number of thiocarbonyl (C=S) groups is 1. The van der Waals surface area contributed by atoms with E-state index in [2.05, 4.69) is 22.4 Å². The topological polar surface area (TPSA) is 82.3 Å². The summed E-state index contributed by atoms with van der Waals surface area (Å²) in [5.74, 6) is 1.08. The second kappa shape index (κ2) is 7.77. The van der Waals surface area contributed by atoms with E-state index in [-0.39, 0.29) is 6.10 Å². The van der Waals surface area contributed by atoms with Crippen molar-refractivity contribution < 1.29 is 20.1 Å². The first-order chi connectivity index (χ1) is 10.0. The van der Waals surface area contributed by atoms with Gasteiger partial charge in [-0.15, -0.1) is 0 Å². The lowest BCUT2D eigenvalue weighted by Gasteiger charge is -2.41. The van der Waals surface area contributed by atoms with E-state index in [1.165, 1.54) is 0 Å². The average Bonchev–Trinajstić information content (AvgIpc) is 2.50. The van der Waals surface area contributed by atoms with Gasteiger partial charge in [0.15, 0.2) is 0 Å². The van der Waals surface area contributed by atoms with Crippen LogP contribution < -0.4 is 0 Å². The van der Waals surface area contributed by atoms with Crippen molar-refractivity contribution in [2.75, 3.05) is 6.54 Å². The third-order valence-corrected chi connectivity index (χ3v) is 5.03. The number of aliphatic hydroxyl groups is 3. The second-order valence-corrected chi connectivity index (χ2v) is 6.59. The van der Waals surface area contributed by atoms with Gasteiger partial charge < -0.3 is 20.1 Å². The fourth-order valence-corrected chi connectivity index (χ4v) is 3.55. The van der Waals surface area contributed by atoms with Crippen LogP contribution in [0.2, 0.25) is 0 Å². The molecule has 5 unspecified atom stereocenters. The largest absolute Gasteiger partial charge is 0.388 e. The Balaban J connectivity index is 1.81. The van der Waals surface area contributed by atoms with Crippen LogP contribution >= 0.6 is 12.2 Å². The van der Waals surface area contributed by atoms with E-state index >= 15 is 0 Å². The number of aliphatic imine (C=N–C) groups is 1. The Morgan fingerprint density at radius 2 is 1.67 bits per heavy atom. The predicted molar refractivity (Wildman–Crippen MR) is 82.3 cm³/mol. The van der Waals surface area contributed by atoms with Gasteiger partial charge in [-0.1, -0.05) is 12.8 Å². The van der Waals surface area contributed by atoms with Crippen molar-refractivity contribution in [2.24, 2.45) is 16.8 Å². The van der Waals surface area contributed by atoms with Crippen LogP contribution in [0.3, 0.4) is 0 Å². The SMILES string of the molecule is CC1OC(CC2CCC(CN=C=S)CC2)C(O)C(O)C1O. The summed E-state index contributed by atoms with van der Waals surface area (Å²) in [5, 5.41) is 32.0. The molecule has 21 heavy (non-hydrogen) atoms. The van der Waals surface area contributed by atoms with Gasteiger partial charge in [0.05, 0.1) is 23.9 Å². The second-order valence-electron chi connectivity index (χ2n) is 6.41. The zero-order valence-corrected chi connectivity index (χ0v) is 13.2. The van der Waals surface area contributed by atoms with Gasteiger partial charge in [0, 0.05) is 0 Å². The molecule has 0 radical (unpaired) electrons. The van der Waals surface area contributed by atoms with Gasteiger partial charge in [-0.25, -0.2) is 4.99 Å². The number of hydrogen-bond donors (Lipinski definition) is 3. The third-order valence-electron chi connectivity index (χ3n) is 4.90. The minimum absolute atomic E-state index is 0.390. The normalized spacial score (nSPS) is 44.1. The summed E-state index contributed by atoms with van der Waals surface area (Å²) in [7, 11) is 0. The number of nitrogens with zero attached hydrogens (tertiary/aromatic N) is 1. The summed E-state index contributed by atoms with van der Waals surface area (Å²) in [6.45, 7) is 2.49. The van der Waals surface area contributed by atoms with Crippen molar-refractivity contribution in [2.45, 2.75) is 69.5 Å². The minimum Gasteiger partial charge on any atom is -0.388 e. The predicted octanol–water partition coefficient (Wildman–Crippen LogP) is 1.16. The van der Waals surface area contributed by atoms with Crippen LogP contribution in [-0.2, 0) is 4.74 Å². The quantitative estimate of drug-likeness (QED) is 0.536. The highest BCUT2D eigenvalue weighted by molar-refractivity contribution is 7.78. The van der Waals surface area contributed by atoms with E-state index in [9.17, 15) is 15.3 Å². The standard InChI is InChI=1S/C15H25NO4S/c1-9-13(17)15(19)14(18)12(20-9)6-10-2-4-11(5-3-10)7-16-8-21/h9-15,17-19H,2-7H2,1H3. The Bertz CT molecular complexity index is 380. The van der Waals surface area contributed by atoms with Crippen molar-refractivity contribution in [3.05, 3.63) is 0 Å². The lowest BCUT2D eigenvalue weighted by molar-refractivity contribution is -0.221. The molecule has 5 atom stereocenters. The molecule has 1 saturated heterocycles. The lowest BCUT2D eigenvalue weighted by Crippen LogP contribution is -2.56. The van der Waals surface area contributed by atoms with Crippen molar-refractivity contribution in [1.82, 2.24) is 0 Å². The Morgan fingerprint density at radius 3 is 2.29 bits per heavy atom. The number of aliphatic hydroxyl groups excluding tert-OH is 3. The monoisotopic (exact) mass is 315 g/mol. The highest BCUT2D eigenvalue weighted by atomic mass is 32.1. The van der Waals surface area contributed by atoms with E-state index in [0.29, 0.717) is 11.8 Å². The van der Waals surface area contributed by atoms with Crippen molar-refractivity contribution in [1.29, 1.82) is 0 Å². The summed E-state index contributed by atoms with van der Waals surface area (Å²) in [6.07, 6.45) is 1.14. The summed E-state index contributed by atoms with van der Waals surface area (Å²) in [6, 6.07) is 0. The number of isothiocyanates is 1. The van der Waals surface area contributed by atoms with Gasteiger partial charge in [0.2, 0.25) is 0 Å². The Kier molecular flexibility index (Phi) is 6.29. The van der Waals surface area contributed by atoms with Crippen LogP contribution in [-0.4, -0.2) is 57.5 Å². The first-order valence-electron chi connectivity index (χ1n) is 7.76. The Labute approximate surface area is 131 Å². The fraction of sp³-hybridized carbons (Fsp3) is 0.933. The van der Waals surface area contributed by atoms with Gasteiger partial charge in [0.1, 0.15) is 18.3 Å². The molecule has 0 aromatic heterocycles. The van der Waals surface area contributed by atoms with Crippen LogP contribution in [0.15, 0.2) is 4.99 Å². The molecule has 0 aromatic rings. The van der Waals surface area contributed by atoms with Crippen LogP contribution in [0.4, 0.5) is 0 Å². The zero-order chi connectivity index (χ0) is 15.4. The highest BCUT2D eigenvalue weighted by Gasteiger charge is 2.42. The molecule has 120 valence electrons. The Morgan fingerprint density at radius 1 is 1.05 bits per heavy atom. The first-order valence-corrected chi connectivity index (χ1v) is 8.17. The molecule has 1 aliphatic heterocycles. The van der Waals surface area contributed by atoms with E-state index in [4.69, 9.17) is 4.74 Å². The zero-order valence-electron chi connectivity index (χ0n) is 12.4. The van der Waals surface area contributed by atoms with Gasteiger partial charge in [-0.05, 0) is 50.2 Å². The molecule has 2 rings (SSSR count). The van der Waals surface area contributed by atoms with Gasteiger partial charge in [-0.3, -0.25) is 0 Å². The van der Waals surface area contributed by atoms with Crippen molar-refractivity contribution in [3.63, 3.8) is 0 Å². The summed E-state index contributed by atoms with van der Waals surface area (Å²) in [5.41, 5.74) is 0. The Hall–Kier alpha value is -0.360. The molecule has 0 aromatic carbocycles. The van der Waals surface area contributed by atoms with Crippen LogP contribution in [0.5, 0.6) is 0 Å². The summed E-state index contributed by atoms with van der Waals surface area (Å²) < 4.78 is 5.67. The molecule has 6 heteroatoms. The van der Waals surface area contributed by atoms with Crippen molar-refractivity contribution >= 4 is 17.4 Å². The third kappa shape index (κ3) is 4.31. The summed E-state index contributed by atoms with van der Waals surface area (Å²) in [4.78, 5) is 4.02. The maximum absolute atomic E-state index is 10.1. The molecular formula is C15H25NO4S. The highest BCUT2D eigenvalue weighted by Crippen LogP contribution is 2.34. The molecule has 0 amide bonds. The van der Waals surface area contributed by atoms with Crippen LogP contribution in [0.25, 0.3) is 0 Å². The van der Waals surface area contributed by atoms with Gasteiger partial charge >= 0.3 is 0 Å². The van der Waals surface area contributed by atoms with Gasteiger partial charge in [-0.2, -0.15) is 0 Å². The van der Waals surface area contributed by atoms with Crippen molar-refractivity contribution in [3.8, 4) is 0 Å². The smallest absolute Gasteiger partial charge is 0.111 e. The molecule has 2 fully saturated rings. The van der Waals surface area contributed by atoms with E-state index in [0.717, 1.165) is 38.6 Å². The molecule has 1 aliphatic carbocycles. The molecule has 1 heterocycles. The van der Waals surface area contributed by atoms with Crippen LogP contribution in [0.1, 0.15) is 39.0 Å². The molecule has 1 saturated carbocycles. The lowest BCUT2D eigenvalue weighted by atomic mass is 9.78.